The highest BCUT2D eigenvalue weighted by atomic mass is 19.3. The van der Waals surface area contributed by atoms with Crippen molar-refractivity contribution in [2.24, 2.45) is 0 Å². The summed E-state index contributed by atoms with van der Waals surface area (Å²) < 4.78 is 117. The van der Waals surface area contributed by atoms with Crippen molar-refractivity contribution in [3.63, 3.8) is 0 Å². The van der Waals surface area contributed by atoms with Crippen LogP contribution in [0.25, 0.3) is 28.3 Å². The smallest absolute Gasteiger partial charge is 0.419 e. The maximum Gasteiger partial charge on any atom is 0.419 e. The normalized spacial score (nSPS) is 11.8. The molecule has 0 fully saturated rings. The van der Waals surface area contributed by atoms with E-state index >= 15 is 0 Å². The predicted molar refractivity (Wildman–Crippen MR) is 132 cm³/mol. The van der Waals surface area contributed by atoms with Gasteiger partial charge in [-0.15, -0.1) is 0 Å². The van der Waals surface area contributed by atoms with E-state index in [1.807, 2.05) is 19.1 Å². The number of hydrogen-bond acceptors (Lipinski definition) is 1. The summed E-state index contributed by atoms with van der Waals surface area (Å²) in [6, 6.07) is 12.6. The lowest BCUT2D eigenvalue weighted by atomic mass is 10.0. The van der Waals surface area contributed by atoms with E-state index < -0.39 is 57.9 Å². The van der Waals surface area contributed by atoms with E-state index in [1.54, 1.807) is 12.1 Å². The molecule has 0 spiro atoms. The minimum atomic E-state index is -4.12. The first-order valence-corrected chi connectivity index (χ1v) is 11.8. The summed E-state index contributed by atoms with van der Waals surface area (Å²) >= 11 is 0. The van der Waals surface area contributed by atoms with E-state index in [0.29, 0.717) is 29.8 Å². The Morgan fingerprint density at radius 3 is 1.82 bits per heavy atom. The largest absolute Gasteiger partial charge is 0.429 e. The van der Waals surface area contributed by atoms with Gasteiger partial charge in [0.05, 0.1) is 0 Å². The lowest BCUT2D eigenvalue weighted by Gasteiger charge is -2.15. The first-order valence-electron chi connectivity index (χ1n) is 11.8. The van der Waals surface area contributed by atoms with Crippen LogP contribution in [0.4, 0.5) is 35.1 Å². The molecule has 0 heterocycles. The fourth-order valence-electron chi connectivity index (χ4n) is 3.94. The third kappa shape index (κ3) is 6.47. The summed E-state index contributed by atoms with van der Waals surface area (Å²) in [5.74, 6) is -8.88. The number of halogens is 8. The van der Waals surface area contributed by atoms with Crippen LogP contribution in [-0.2, 0) is 6.42 Å². The SMILES string of the molecule is CCCc1ccc(-c2cc(F)c(C=CC(F)(F)Oc3ccc(-c4cc(F)c(F)c(F)c4)c(F)c3)c(F)c2)cc1. The summed E-state index contributed by atoms with van der Waals surface area (Å²) in [4.78, 5) is 0. The Balaban J connectivity index is 1.52. The van der Waals surface area contributed by atoms with Crippen LogP contribution in [0.3, 0.4) is 0 Å². The molecule has 9 heteroatoms. The molecule has 0 aliphatic rings. The van der Waals surface area contributed by atoms with Crippen molar-refractivity contribution >= 4 is 6.08 Å². The molecule has 0 aliphatic heterocycles. The summed E-state index contributed by atoms with van der Waals surface area (Å²) in [5.41, 5.74) is 0.345. The fourth-order valence-corrected chi connectivity index (χ4v) is 3.94. The Kier molecular flexibility index (Phi) is 8.09. The highest BCUT2D eigenvalue weighted by molar-refractivity contribution is 5.67. The average molecular weight is 548 g/mol. The van der Waals surface area contributed by atoms with Gasteiger partial charge in [0.1, 0.15) is 23.2 Å². The van der Waals surface area contributed by atoms with Crippen LogP contribution in [0, 0.1) is 34.9 Å². The molecule has 39 heavy (non-hydrogen) atoms. The topological polar surface area (TPSA) is 9.23 Å². The molecule has 4 aromatic rings. The monoisotopic (exact) mass is 548 g/mol. The standard InChI is InChI=1S/C30H20F8O/c1-2-3-17-4-6-18(7-5-17)19-12-24(31)23(25(32)13-19)10-11-30(37,38)39-21-8-9-22(26(33)16-21)20-14-27(34)29(36)28(35)15-20/h4-16H,2-3H2,1H3. The molecule has 0 radical (unpaired) electrons. The Morgan fingerprint density at radius 2 is 1.26 bits per heavy atom. The number of alkyl halides is 2. The second-order valence-electron chi connectivity index (χ2n) is 8.69. The van der Waals surface area contributed by atoms with Gasteiger partial charge in [-0.2, -0.15) is 8.78 Å². The third-order valence-corrected chi connectivity index (χ3v) is 5.84. The van der Waals surface area contributed by atoms with Crippen LogP contribution in [0.1, 0.15) is 24.5 Å². The van der Waals surface area contributed by atoms with E-state index in [9.17, 15) is 35.1 Å². The second kappa shape index (κ2) is 11.3. The van der Waals surface area contributed by atoms with Gasteiger partial charge in [0.2, 0.25) is 0 Å². The fraction of sp³-hybridized carbons (Fsp3) is 0.133. The van der Waals surface area contributed by atoms with Crippen LogP contribution < -0.4 is 4.74 Å². The molecule has 0 aliphatic carbocycles. The molecule has 202 valence electrons. The molecule has 0 atom stereocenters. The number of rotatable bonds is 8. The maximum absolute atomic E-state index is 14.6. The number of hydrogen-bond donors (Lipinski definition) is 0. The van der Waals surface area contributed by atoms with Gasteiger partial charge < -0.3 is 4.74 Å². The minimum absolute atomic E-state index is 0.101. The lowest BCUT2D eigenvalue weighted by Crippen LogP contribution is -2.21. The molecule has 0 aromatic heterocycles. The molecule has 0 saturated carbocycles. The van der Waals surface area contributed by atoms with Crippen molar-refractivity contribution in [3.05, 3.63) is 119 Å². The van der Waals surface area contributed by atoms with Gasteiger partial charge in [0.15, 0.2) is 17.5 Å². The number of benzene rings is 4. The van der Waals surface area contributed by atoms with Crippen LogP contribution in [0.5, 0.6) is 5.75 Å². The molecule has 0 amide bonds. The lowest BCUT2D eigenvalue weighted by molar-refractivity contribution is -0.131. The molecule has 0 saturated heterocycles. The van der Waals surface area contributed by atoms with Crippen molar-refractivity contribution in [2.75, 3.05) is 0 Å². The van der Waals surface area contributed by atoms with Crippen LogP contribution in [0.2, 0.25) is 0 Å². The van der Waals surface area contributed by atoms with E-state index in [2.05, 4.69) is 4.74 Å². The highest BCUT2D eigenvalue weighted by Crippen LogP contribution is 2.32. The van der Waals surface area contributed by atoms with Crippen molar-refractivity contribution in [3.8, 4) is 28.0 Å². The number of ether oxygens (including phenoxy) is 1. The molecule has 4 aromatic carbocycles. The average Bonchev–Trinajstić information content (AvgIpc) is 2.87. The van der Waals surface area contributed by atoms with Crippen molar-refractivity contribution in [1.82, 2.24) is 0 Å². The van der Waals surface area contributed by atoms with E-state index in [1.165, 1.54) is 0 Å². The zero-order valence-corrected chi connectivity index (χ0v) is 20.4. The quantitative estimate of drug-likeness (QED) is 0.157. The highest BCUT2D eigenvalue weighted by Gasteiger charge is 2.29. The van der Waals surface area contributed by atoms with Gasteiger partial charge >= 0.3 is 6.11 Å². The first-order chi connectivity index (χ1) is 18.5. The van der Waals surface area contributed by atoms with Gasteiger partial charge in [0.25, 0.3) is 0 Å². The Morgan fingerprint density at radius 1 is 0.667 bits per heavy atom. The molecule has 0 bridgehead atoms. The third-order valence-electron chi connectivity index (χ3n) is 5.84. The minimum Gasteiger partial charge on any atom is -0.429 e. The van der Waals surface area contributed by atoms with Crippen LogP contribution >= 0.6 is 0 Å². The molecule has 4 rings (SSSR count). The van der Waals surface area contributed by atoms with Gasteiger partial charge in [-0.25, -0.2) is 26.3 Å². The number of aryl methyl sites for hydroxylation is 1. The van der Waals surface area contributed by atoms with Gasteiger partial charge in [-0.1, -0.05) is 37.6 Å². The van der Waals surface area contributed by atoms with Crippen LogP contribution in [-0.4, -0.2) is 6.11 Å². The van der Waals surface area contributed by atoms with Gasteiger partial charge in [0, 0.05) is 23.3 Å². The van der Waals surface area contributed by atoms with Crippen molar-refractivity contribution in [2.45, 2.75) is 25.9 Å². The maximum atomic E-state index is 14.6. The zero-order valence-electron chi connectivity index (χ0n) is 20.4. The van der Waals surface area contributed by atoms with E-state index in [-0.39, 0.29) is 17.2 Å². The zero-order chi connectivity index (χ0) is 28.3. The predicted octanol–water partition coefficient (Wildman–Crippen LogP) is 9.49. The molecular weight excluding hydrogens is 528 g/mol. The van der Waals surface area contributed by atoms with E-state index in [0.717, 1.165) is 42.7 Å². The Hall–Kier alpha value is -4.14. The molecule has 0 unspecified atom stereocenters. The first kappa shape index (κ1) is 27.9. The van der Waals surface area contributed by atoms with Crippen LogP contribution in [0.15, 0.2) is 72.8 Å². The van der Waals surface area contributed by atoms with Crippen molar-refractivity contribution in [1.29, 1.82) is 0 Å². The summed E-state index contributed by atoms with van der Waals surface area (Å²) in [6.45, 7) is 2.02. The Bertz CT molecular complexity index is 1480. The Labute approximate surface area is 219 Å². The molecule has 1 nitrogen and oxygen atoms in total. The molecular formula is C30H20F8O. The molecule has 0 N–H and O–H groups in total. The van der Waals surface area contributed by atoms with Crippen molar-refractivity contribution < 1.29 is 39.9 Å². The van der Waals surface area contributed by atoms with Gasteiger partial charge in [-0.05, 0) is 71.1 Å². The summed E-state index contributed by atoms with van der Waals surface area (Å²) in [7, 11) is 0. The summed E-state index contributed by atoms with van der Waals surface area (Å²) in [5, 5.41) is 0. The second-order valence-corrected chi connectivity index (χ2v) is 8.69. The van der Waals surface area contributed by atoms with E-state index in [4.69, 9.17) is 0 Å². The van der Waals surface area contributed by atoms with Gasteiger partial charge in [-0.3, -0.25) is 0 Å². The summed E-state index contributed by atoms with van der Waals surface area (Å²) in [6.07, 6.45) is -1.71.